The SMILES string of the molecule is Cc1cc(C(=O)NC2(c3ncon3)CC2)cc(C)c1OC(F)F. The molecule has 0 saturated heterocycles. The zero-order valence-corrected chi connectivity index (χ0v) is 12.6. The molecule has 8 heteroatoms. The lowest BCUT2D eigenvalue weighted by atomic mass is 10.0. The lowest BCUT2D eigenvalue weighted by Gasteiger charge is -2.16. The minimum atomic E-state index is -2.90. The minimum Gasteiger partial charge on any atom is -0.434 e. The Kier molecular flexibility index (Phi) is 3.75. The molecule has 0 aliphatic heterocycles. The first kappa shape index (κ1) is 15.4. The number of carbonyl (C=O) groups is 1. The molecule has 1 aliphatic rings. The molecular weight excluding hydrogens is 308 g/mol. The second-order valence-electron chi connectivity index (χ2n) is 5.61. The summed E-state index contributed by atoms with van der Waals surface area (Å²) in [5.41, 5.74) is 0.723. The average molecular weight is 323 g/mol. The van der Waals surface area contributed by atoms with E-state index in [1.807, 2.05) is 0 Å². The molecule has 23 heavy (non-hydrogen) atoms. The first-order chi connectivity index (χ1) is 10.9. The van der Waals surface area contributed by atoms with Gasteiger partial charge < -0.3 is 14.6 Å². The number of benzene rings is 1. The Morgan fingerprint density at radius 3 is 2.48 bits per heavy atom. The van der Waals surface area contributed by atoms with Gasteiger partial charge in [0.15, 0.2) is 5.82 Å². The van der Waals surface area contributed by atoms with Crippen molar-refractivity contribution >= 4 is 5.91 Å². The van der Waals surface area contributed by atoms with Crippen LogP contribution in [0.15, 0.2) is 23.0 Å². The summed E-state index contributed by atoms with van der Waals surface area (Å²) < 4.78 is 34.0. The van der Waals surface area contributed by atoms with Crippen LogP contribution in [0, 0.1) is 13.8 Å². The van der Waals surface area contributed by atoms with Gasteiger partial charge in [-0.3, -0.25) is 4.79 Å². The van der Waals surface area contributed by atoms with Gasteiger partial charge in [0.05, 0.1) is 0 Å². The van der Waals surface area contributed by atoms with E-state index in [4.69, 9.17) is 4.52 Å². The van der Waals surface area contributed by atoms with Gasteiger partial charge in [-0.2, -0.15) is 13.8 Å². The number of aryl methyl sites for hydroxylation is 2. The molecule has 1 aromatic carbocycles. The predicted molar refractivity (Wildman–Crippen MR) is 75.2 cm³/mol. The molecule has 1 aliphatic carbocycles. The molecule has 3 rings (SSSR count). The molecule has 0 radical (unpaired) electrons. The van der Waals surface area contributed by atoms with E-state index in [2.05, 4.69) is 20.2 Å². The van der Waals surface area contributed by atoms with Crippen molar-refractivity contribution in [3.8, 4) is 5.75 Å². The number of carbonyl (C=O) groups excluding carboxylic acids is 1. The fourth-order valence-electron chi connectivity index (χ4n) is 2.56. The van der Waals surface area contributed by atoms with Crippen LogP contribution in [0.3, 0.4) is 0 Å². The van der Waals surface area contributed by atoms with Gasteiger partial charge in [-0.15, -0.1) is 0 Å². The summed E-state index contributed by atoms with van der Waals surface area (Å²) in [5.74, 6) is 0.217. The number of alkyl halides is 2. The monoisotopic (exact) mass is 323 g/mol. The fraction of sp³-hybridized carbons (Fsp3) is 0.400. The van der Waals surface area contributed by atoms with Crippen LogP contribution < -0.4 is 10.1 Å². The Hall–Kier alpha value is -2.51. The summed E-state index contributed by atoms with van der Waals surface area (Å²) in [6.07, 6.45) is 2.66. The van der Waals surface area contributed by atoms with Crippen molar-refractivity contribution in [3.63, 3.8) is 0 Å². The maximum Gasteiger partial charge on any atom is 0.387 e. The lowest BCUT2D eigenvalue weighted by Crippen LogP contribution is -2.35. The number of nitrogens with one attached hydrogen (secondary N) is 1. The highest BCUT2D eigenvalue weighted by Crippen LogP contribution is 2.44. The largest absolute Gasteiger partial charge is 0.434 e. The number of amides is 1. The molecule has 0 bridgehead atoms. The maximum absolute atomic E-state index is 12.4. The molecule has 2 aromatic rings. The second-order valence-corrected chi connectivity index (χ2v) is 5.61. The Morgan fingerprint density at radius 2 is 2.00 bits per heavy atom. The van der Waals surface area contributed by atoms with Crippen LogP contribution in [0.5, 0.6) is 5.75 Å². The van der Waals surface area contributed by atoms with E-state index in [0.717, 1.165) is 12.8 Å². The van der Waals surface area contributed by atoms with Crippen molar-refractivity contribution in [2.45, 2.75) is 38.8 Å². The number of nitrogens with zero attached hydrogens (tertiary/aromatic N) is 2. The third-order valence-electron chi connectivity index (χ3n) is 3.82. The van der Waals surface area contributed by atoms with Gasteiger partial charge >= 0.3 is 6.61 Å². The zero-order valence-electron chi connectivity index (χ0n) is 12.6. The highest BCUT2D eigenvalue weighted by atomic mass is 19.3. The van der Waals surface area contributed by atoms with Gasteiger partial charge in [0.2, 0.25) is 6.39 Å². The van der Waals surface area contributed by atoms with Crippen LogP contribution in [0.2, 0.25) is 0 Å². The van der Waals surface area contributed by atoms with Crippen molar-refractivity contribution in [2.24, 2.45) is 0 Å². The quantitative estimate of drug-likeness (QED) is 0.915. The van der Waals surface area contributed by atoms with Crippen molar-refractivity contribution in [1.29, 1.82) is 0 Å². The molecular formula is C15H15F2N3O3. The van der Waals surface area contributed by atoms with Gasteiger partial charge in [-0.05, 0) is 49.9 Å². The van der Waals surface area contributed by atoms with E-state index in [1.54, 1.807) is 13.8 Å². The fourth-order valence-corrected chi connectivity index (χ4v) is 2.56. The molecule has 1 amide bonds. The molecule has 0 spiro atoms. The van der Waals surface area contributed by atoms with E-state index in [9.17, 15) is 13.6 Å². The second kappa shape index (κ2) is 5.60. The topological polar surface area (TPSA) is 77.3 Å². The van der Waals surface area contributed by atoms with Gasteiger partial charge in [0.25, 0.3) is 5.91 Å². The van der Waals surface area contributed by atoms with E-state index >= 15 is 0 Å². The molecule has 1 N–H and O–H groups in total. The Morgan fingerprint density at radius 1 is 1.35 bits per heavy atom. The van der Waals surface area contributed by atoms with Gasteiger partial charge in [-0.1, -0.05) is 5.16 Å². The summed E-state index contributed by atoms with van der Waals surface area (Å²) in [6.45, 7) is 0.335. The van der Waals surface area contributed by atoms with Crippen LogP contribution in [0.1, 0.15) is 40.2 Å². The van der Waals surface area contributed by atoms with Crippen LogP contribution >= 0.6 is 0 Å². The molecule has 1 fully saturated rings. The van der Waals surface area contributed by atoms with Crippen molar-refractivity contribution < 1.29 is 22.8 Å². The summed E-state index contributed by atoms with van der Waals surface area (Å²) in [7, 11) is 0. The Bertz CT molecular complexity index is 705. The minimum absolute atomic E-state index is 0.0934. The molecule has 122 valence electrons. The molecule has 1 saturated carbocycles. The van der Waals surface area contributed by atoms with Crippen molar-refractivity contribution in [3.05, 3.63) is 41.0 Å². The smallest absolute Gasteiger partial charge is 0.387 e. The van der Waals surface area contributed by atoms with Crippen LogP contribution in [0.4, 0.5) is 8.78 Å². The van der Waals surface area contributed by atoms with Crippen LogP contribution in [0.25, 0.3) is 0 Å². The summed E-state index contributed by atoms with van der Waals surface area (Å²) in [5, 5.41) is 6.66. The maximum atomic E-state index is 12.4. The zero-order chi connectivity index (χ0) is 16.6. The highest BCUT2D eigenvalue weighted by molar-refractivity contribution is 5.95. The van der Waals surface area contributed by atoms with Gasteiger partial charge in [0, 0.05) is 5.56 Å². The number of hydrogen-bond donors (Lipinski definition) is 1. The van der Waals surface area contributed by atoms with E-state index < -0.39 is 12.2 Å². The number of rotatable bonds is 5. The number of aromatic nitrogens is 2. The molecule has 0 unspecified atom stereocenters. The molecule has 1 heterocycles. The molecule has 0 atom stereocenters. The normalized spacial score (nSPS) is 15.5. The molecule has 1 aromatic heterocycles. The Balaban J connectivity index is 1.81. The average Bonchev–Trinajstić information content (AvgIpc) is 3.04. The van der Waals surface area contributed by atoms with Gasteiger partial charge in [-0.25, -0.2) is 0 Å². The van der Waals surface area contributed by atoms with E-state index in [1.165, 1.54) is 18.5 Å². The number of halogens is 2. The Labute approximate surface area is 130 Å². The predicted octanol–water partition coefficient (Wildman–Crippen LogP) is 2.71. The first-order valence-electron chi connectivity index (χ1n) is 7.07. The summed E-state index contributed by atoms with van der Waals surface area (Å²) in [4.78, 5) is 16.4. The van der Waals surface area contributed by atoms with Crippen molar-refractivity contribution in [1.82, 2.24) is 15.5 Å². The summed E-state index contributed by atoms with van der Waals surface area (Å²) in [6, 6.07) is 3.04. The number of hydrogen-bond acceptors (Lipinski definition) is 5. The van der Waals surface area contributed by atoms with E-state index in [-0.39, 0.29) is 11.7 Å². The lowest BCUT2D eigenvalue weighted by molar-refractivity contribution is -0.0507. The highest BCUT2D eigenvalue weighted by Gasteiger charge is 2.49. The third-order valence-corrected chi connectivity index (χ3v) is 3.82. The standard InChI is InChI=1S/C15H15F2N3O3/c1-8-5-10(6-9(2)11(8)23-14(16)17)12(21)19-15(3-4-15)13-18-7-22-20-13/h5-7,14H,3-4H2,1-2H3,(H,19,21). The third kappa shape index (κ3) is 3.01. The summed E-state index contributed by atoms with van der Waals surface area (Å²) >= 11 is 0. The van der Waals surface area contributed by atoms with Crippen molar-refractivity contribution in [2.75, 3.05) is 0 Å². The van der Waals surface area contributed by atoms with Crippen LogP contribution in [-0.4, -0.2) is 22.7 Å². The van der Waals surface area contributed by atoms with Crippen LogP contribution in [-0.2, 0) is 5.54 Å². The van der Waals surface area contributed by atoms with Gasteiger partial charge in [0.1, 0.15) is 11.3 Å². The van der Waals surface area contributed by atoms with E-state index in [0.29, 0.717) is 22.5 Å². The molecule has 6 nitrogen and oxygen atoms in total. The number of ether oxygens (including phenoxy) is 1. The first-order valence-corrected chi connectivity index (χ1v) is 7.07.